The minimum absolute atomic E-state index is 0.0424. The van der Waals surface area contributed by atoms with Gasteiger partial charge in [0.25, 0.3) is 5.91 Å². The van der Waals surface area contributed by atoms with Gasteiger partial charge in [0.2, 0.25) is 5.43 Å². The van der Waals surface area contributed by atoms with E-state index in [4.69, 9.17) is 4.74 Å². The van der Waals surface area contributed by atoms with Gasteiger partial charge < -0.3 is 14.7 Å². The second kappa shape index (κ2) is 3.56. The molecule has 0 aromatic carbocycles. The van der Waals surface area contributed by atoms with Gasteiger partial charge in [0.05, 0.1) is 19.3 Å². The van der Waals surface area contributed by atoms with Crippen LogP contribution in [0, 0.1) is 0 Å². The van der Waals surface area contributed by atoms with Gasteiger partial charge in [0.1, 0.15) is 0 Å². The van der Waals surface area contributed by atoms with Crippen LogP contribution in [-0.2, 0) is 11.3 Å². The minimum atomic E-state index is -0.638. The predicted octanol–water partition coefficient (Wildman–Crippen LogP) is -0.849. The first-order chi connectivity index (χ1) is 8.18. The molecule has 3 heterocycles. The molecule has 7 heteroatoms. The van der Waals surface area contributed by atoms with Gasteiger partial charge in [-0.25, -0.2) is 0 Å². The Bertz CT molecular complexity index is 539. The van der Waals surface area contributed by atoms with Gasteiger partial charge >= 0.3 is 0 Å². The number of carbonyl (C=O) groups is 1. The van der Waals surface area contributed by atoms with Gasteiger partial charge in [-0.1, -0.05) is 0 Å². The van der Waals surface area contributed by atoms with Crippen molar-refractivity contribution in [1.29, 1.82) is 0 Å². The van der Waals surface area contributed by atoms with Crippen LogP contribution in [0.4, 0.5) is 0 Å². The Hall–Kier alpha value is -1.89. The van der Waals surface area contributed by atoms with E-state index in [0.29, 0.717) is 19.7 Å². The maximum atomic E-state index is 12.1. The number of carbonyl (C=O) groups excluding carboxylic acids is 1. The Kier molecular flexibility index (Phi) is 2.15. The molecule has 1 atom stereocenters. The molecule has 0 saturated carbocycles. The molecular weight excluding hydrogens is 226 g/mol. The molecule has 0 spiro atoms. The lowest BCUT2D eigenvalue weighted by Crippen LogP contribution is -2.53. The average Bonchev–Trinajstić information content (AvgIpc) is 2.34. The lowest BCUT2D eigenvalue weighted by atomic mass is 10.2. The maximum Gasteiger partial charge on any atom is 0.278 e. The van der Waals surface area contributed by atoms with Crippen molar-refractivity contribution in [2.24, 2.45) is 0 Å². The van der Waals surface area contributed by atoms with E-state index < -0.39 is 17.1 Å². The number of rotatable bonds is 0. The van der Waals surface area contributed by atoms with Crippen molar-refractivity contribution in [3.05, 3.63) is 22.1 Å². The maximum absolute atomic E-state index is 12.1. The monoisotopic (exact) mass is 237 g/mol. The molecule has 3 rings (SSSR count). The summed E-state index contributed by atoms with van der Waals surface area (Å²) in [5.41, 5.74) is -0.680. The van der Waals surface area contributed by atoms with Crippen molar-refractivity contribution in [2.45, 2.75) is 19.2 Å². The number of aromatic nitrogens is 2. The van der Waals surface area contributed by atoms with Crippen LogP contribution in [0.1, 0.15) is 16.9 Å². The quantitative estimate of drug-likeness (QED) is 0.635. The van der Waals surface area contributed by atoms with Crippen LogP contribution < -0.4 is 5.43 Å². The summed E-state index contributed by atoms with van der Waals surface area (Å²) in [6.45, 7) is 1.52. The Balaban J connectivity index is 2.13. The summed E-state index contributed by atoms with van der Waals surface area (Å²) in [5.74, 6) is -0.933. The normalized spacial score (nSPS) is 23.2. The second-order valence-corrected chi connectivity index (χ2v) is 4.07. The molecule has 1 amide bonds. The van der Waals surface area contributed by atoms with Crippen LogP contribution in [0.5, 0.6) is 5.75 Å². The zero-order valence-electron chi connectivity index (χ0n) is 9.00. The fourth-order valence-electron chi connectivity index (χ4n) is 2.19. The number of fused-ring (bicyclic) bond motifs is 2. The summed E-state index contributed by atoms with van der Waals surface area (Å²) in [7, 11) is 0. The zero-order chi connectivity index (χ0) is 12.0. The third kappa shape index (κ3) is 1.42. The molecule has 0 radical (unpaired) electrons. The average molecular weight is 237 g/mol. The van der Waals surface area contributed by atoms with E-state index in [1.165, 1.54) is 9.58 Å². The van der Waals surface area contributed by atoms with Gasteiger partial charge in [-0.05, 0) is 6.42 Å². The van der Waals surface area contributed by atoms with Gasteiger partial charge in [-0.15, -0.1) is 0 Å². The van der Waals surface area contributed by atoms with Crippen molar-refractivity contribution < 1.29 is 14.6 Å². The van der Waals surface area contributed by atoms with Crippen LogP contribution in [0.3, 0.4) is 0 Å². The molecule has 0 bridgehead atoms. The van der Waals surface area contributed by atoms with Gasteiger partial charge in [-0.3, -0.25) is 14.3 Å². The highest BCUT2D eigenvalue weighted by Crippen LogP contribution is 2.24. The molecule has 1 N–H and O–H groups in total. The van der Waals surface area contributed by atoms with E-state index in [2.05, 4.69) is 5.10 Å². The predicted molar refractivity (Wildman–Crippen MR) is 55.6 cm³/mol. The Morgan fingerprint density at radius 1 is 1.47 bits per heavy atom. The van der Waals surface area contributed by atoms with Crippen LogP contribution in [0.2, 0.25) is 0 Å². The van der Waals surface area contributed by atoms with Crippen molar-refractivity contribution in [3.8, 4) is 5.75 Å². The van der Waals surface area contributed by atoms with Gasteiger partial charge in [0, 0.05) is 6.54 Å². The van der Waals surface area contributed by atoms with E-state index in [0.717, 1.165) is 12.6 Å². The van der Waals surface area contributed by atoms with Gasteiger partial charge in [-0.2, -0.15) is 5.10 Å². The SMILES string of the molecule is O=C1c2c(O)c(=O)cnn2CC2OCCCN12. The third-order valence-corrected chi connectivity index (χ3v) is 3.02. The summed E-state index contributed by atoms with van der Waals surface area (Å²) < 4.78 is 6.79. The summed E-state index contributed by atoms with van der Waals surface area (Å²) in [5, 5.41) is 13.5. The summed E-state index contributed by atoms with van der Waals surface area (Å²) in [6.07, 6.45) is 1.41. The van der Waals surface area contributed by atoms with Crippen LogP contribution in [0.15, 0.2) is 11.0 Å². The minimum Gasteiger partial charge on any atom is -0.502 e. The standard InChI is InChI=1S/C10H11N3O4/c14-6-4-11-13-5-7-12(2-1-3-17-7)10(16)8(13)9(6)15/h4,7,15H,1-3,5H2. The molecule has 1 aromatic heterocycles. The molecule has 1 aromatic rings. The first-order valence-electron chi connectivity index (χ1n) is 5.40. The summed E-state index contributed by atoms with van der Waals surface area (Å²) >= 11 is 0. The number of amides is 1. The van der Waals surface area contributed by atoms with E-state index in [1.54, 1.807) is 0 Å². The lowest BCUT2D eigenvalue weighted by molar-refractivity contribution is -0.0940. The van der Waals surface area contributed by atoms with E-state index in [1.807, 2.05) is 0 Å². The lowest BCUT2D eigenvalue weighted by Gasteiger charge is -2.39. The number of hydrogen-bond acceptors (Lipinski definition) is 5. The number of hydrogen-bond donors (Lipinski definition) is 1. The third-order valence-electron chi connectivity index (χ3n) is 3.02. The molecule has 1 fully saturated rings. The summed E-state index contributed by atoms with van der Waals surface area (Å²) in [4.78, 5) is 24.9. The Labute approximate surface area is 96.2 Å². The van der Waals surface area contributed by atoms with Crippen molar-refractivity contribution in [1.82, 2.24) is 14.7 Å². The smallest absolute Gasteiger partial charge is 0.278 e. The van der Waals surface area contributed by atoms with E-state index >= 15 is 0 Å². The molecule has 2 aliphatic rings. The van der Waals surface area contributed by atoms with Crippen LogP contribution >= 0.6 is 0 Å². The first kappa shape index (κ1) is 10.3. The molecular formula is C10H11N3O4. The first-order valence-corrected chi connectivity index (χ1v) is 5.40. The summed E-state index contributed by atoms with van der Waals surface area (Å²) in [6, 6.07) is 0. The Morgan fingerprint density at radius 2 is 2.29 bits per heavy atom. The van der Waals surface area contributed by atoms with Crippen molar-refractivity contribution in [2.75, 3.05) is 13.2 Å². The van der Waals surface area contributed by atoms with E-state index in [9.17, 15) is 14.7 Å². The molecule has 1 saturated heterocycles. The topological polar surface area (TPSA) is 84.7 Å². The van der Waals surface area contributed by atoms with Crippen LogP contribution in [-0.4, -0.2) is 45.1 Å². The largest absolute Gasteiger partial charge is 0.502 e. The molecule has 7 nitrogen and oxygen atoms in total. The molecule has 2 aliphatic heterocycles. The molecule has 0 aliphatic carbocycles. The van der Waals surface area contributed by atoms with Crippen LogP contribution in [0.25, 0.3) is 0 Å². The van der Waals surface area contributed by atoms with Crippen molar-refractivity contribution in [3.63, 3.8) is 0 Å². The molecule has 90 valence electrons. The fraction of sp³-hybridized carbons (Fsp3) is 0.500. The highest BCUT2D eigenvalue weighted by Gasteiger charge is 2.37. The highest BCUT2D eigenvalue weighted by molar-refractivity contribution is 5.95. The van der Waals surface area contributed by atoms with Gasteiger partial charge in [0.15, 0.2) is 17.7 Å². The van der Waals surface area contributed by atoms with Crippen molar-refractivity contribution >= 4 is 5.91 Å². The number of aromatic hydroxyl groups is 1. The highest BCUT2D eigenvalue weighted by atomic mass is 16.5. The number of ether oxygens (including phenoxy) is 1. The Morgan fingerprint density at radius 3 is 3.12 bits per heavy atom. The fourth-order valence-corrected chi connectivity index (χ4v) is 2.19. The molecule has 1 unspecified atom stereocenters. The zero-order valence-corrected chi connectivity index (χ0v) is 9.00. The number of nitrogens with zero attached hydrogens (tertiary/aromatic N) is 3. The second-order valence-electron chi connectivity index (χ2n) is 4.07. The molecule has 17 heavy (non-hydrogen) atoms. The van der Waals surface area contributed by atoms with E-state index in [-0.39, 0.29) is 11.9 Å².